The minimum atomic E-state index is -0.833. The molecule has 9 heteroatoms. The Morgan fingerprint density at radius 3 is 2.30 bits per heavy atom. The predicted octanol–water partition coefficient (Wildman–Crippen LogP) is 0.835. The fourth-order valence-corrected chi connectivity index (χ4v) is 2.61. The smallest absolute Gasteiger partial charge is 0.250 e. The number of carbonyl (C=O) groups is 3. The van der Waals surface area contributed by atoms with Crippen molar-refractivity contribution in [3.63, 3.8) is 0 Å². The van der Waals surface area contributed by atoms with E-state index < -0.39 is 24.5 Å². The van der Waals surface area contributed by atoms with Crippen LogP contribution in [-0.2, 0) is 25.5 Å². The van der Waals surface area contributed by atoms with E-state index >= 15 is 0 Å². The predicted molar refractivity (Wildman–Crippen MR) is 110 cm³/mol. The zero-order chi connectivity index (χ0) is 22.1. The lowest BCUT2D eigenvalue weighted by Gasteiger charge is -2.17. The van der Waals surface area contributed by atoms with Crippen LogP contribution >= 0.6 is 0 Å². The molecule has 2 aromatic rings. The number of phenols is 2. The summed E-state index contributed by atoms with van der Waals surface area (Å²) in [5, 5.41) is 26.6. The van der Waals surface area contributed by atoms with Crippen LogP contribution in [0.25, 0.3) is 0 Å². The molecule has 0 aliphatic rings. The second-order valence-electron chi connectivity index (χ2n) is 6.65. The Morgan fingerprint density at radius 1 is 1.00 bits per heavy atom. The van der Waals surface area contributed by atoms with Crippen LogP contribution in [0.1, 0.15) is 11.1 Å². The maximum atomic E-state index is 12.1. The summed E-state index contributed by atoms with van der Waals surface area (Å²) in [5.41, 5.74) is 1.84. The minimum Gasteiger partial charge on any atom is -0.508 e. The van der Waals surface area contributed by atoms with Crippen LogP contribution in [-0.4, -0.2) is 54.2 Å². The van der Waals surface area contributed by atoms with E-state index in [-0.39, 0.29) is 30.4 Å². The number of phenolic OH excluding ortho intramolecular Hbond substituents is 2. The SMILES string of the molecule is CNC(=O)C(Cc1ccc(O)cc1)NC(=O)COCC(=O)Nc1ccc(C)c(O)c1. The third-order valence-corrected chi connectivity index (χ3v) is 4.23. The Balaban J connectivity index is 1.81. The molecule has 0 heterocycles. The fourth-order valence-electron chi connectivity index (χ4n) is 2.61. The van der Waals surface area contributed by atoms with Crippen molar-refractivity contribution < 1.29 is 29.3 Å². The average molecular weight is 415 g/mol. The van der Waals surface area contributed by atoms with Crippen molar-refractivity contribution in [1.29, 1.82) is 0 Å². The van der Waals surface area contributed by atoms with Gasteiger partial charge in [0.2, 0.25) is 17.7 Å². The van der Waals surface area contributed by atoms with Crippen molar-refractivity contribution >= 4 is 23.4 Å². The highest BCUT2D eigenvalue weighted by molar-refractivity contribution is 5.92. The first-order valence-electron chi connectivity index (χ1n) is 9.24. The molecule has 2 rings (SSSR count). The molecular weight excluding hydrogens is 390 g/mol. The van der Waals surface area contributed by atoms with Crippen LogP contribution in [0.2, 0.25) is 0 Å². The van der Waals surface area contributed by atoms with Gasteiger partial charge in [-0.1, -0.05) is 18.2 Å². The summed E-state index contributed by atoms with van der Waals surface area (Å²) in [6.45, 7) is 0.955. The maximum absolute atomic E-state index is 12.1. The topological polar surface area (TPSA) is 137 Å². The second-order valence-corrected chi connectivity index (χ2v) is 6.65. The molecule has 0 saturated heterocycles. The maximum Gasteiger partial charge on any atom is 0.250 e. The Bertz CT molecular complexity index is 898. The number of aromatic hydroxyl groups is 2. The van der Waals surface area contributed by atoms with Gasteiger partial charge >= 0.3 is 0 Å². The van der Waals surface area contributed by atoms with Crippen molar-refractivity contribution in [2.75, 3.05) is 25.6 Å². The van der Waals surface area contributed by atoms with Crippen molar-refractivity contribution in [2.24, 2.45) is 0 Å². The van der Waals surface area contributed by atoms with E-state index in [1.165, 1.54) is 25.2 Å². The van der Waals surface area contributed by atoms with Crippen LogP contribution in [0, 0.1) is 6.92 Å². The number of ether oxygens (including phenoxy) is 1. The summed E-state index contributed by atoms with van der Waals surface area (Å²) in [7, 11) is 1.46. The number of nitrogens with one attached hydrogen (secondary N) is 3. The Kier molecular flexibility index (Phi) is 8.18. The number of carbonyl (C=O) groups excluding carboxylic acids is 3. The summed E-state index contributed by atoms with van der Waals surface area (Å²) < 4.78 is 5.11. The van der Waals surface area contributed by atoms with Gasteiger partial charge in [-0.3, -0.25) is 14.4 Å². The molecule has 0 aromatic heterocycles. The van der Waals surface area contributed by atoms with E-state index in [1.54, 1.807) is 31.2 Å². The molecule has 9 nitrogen and oxygen atoms in total. The molecule has 2 aromatic carbocycles. The van der Waals surface area contributed by atoms with E-state index in [0.717, 1.165) is 5.56 Å². The number of anilines is 1. The van der Waals surface area contributed by atoms with Crippen LogP contribution in [0.5, 0.6) is 11.5 Å². The lowest BCUT2D eigenvalue weighted by Crippen LogP contribution is -2.48. The quantitative estimate of drug-likeness (QED) is 0.412. The van der Waals surface area contributed by atoms with Crippen molar-refractivity contribution in [1.82, 2.24) is 10.6 Å². The summed E-state index contributed by atoms with van der Waals surface area (Å²) in [5.74, 6) is -1.26. The van der Waals surface area contributed by atoms with E-state index in [1.807, 2.05) is 0 Å². The van der Waals surface area contributed by atoms with Crippen LogP contribution < -0.4 is 16.0 Å². The van der Waals surface area contributed by atoms with Gasteiger partial charge < -0.3 is 30.9 Å². The molecule has 160 valence electrons. The first kappa shape index (κ1) is 22.7. The highest BCUT2D eigenvalue weighted by atomic mass is 16.5. The van der Waals surface area contributed by atoms with Gasteiger partial charge in [-0.15, -0.1) is 0 Å². The zero-order valence-electron chi connectivity index (χ0n) is 16.8. The molecule has 0 aliphatic carbocycles. The molecule has 0 fully saturated rings. The number of hydrogen-bond acceptors (Lipinski definition) is 6. The largest absolute Gasteiger partial charge is 0.508 e. The number of benzene rings is 2. The van der Waals surface area contributed by atoms with Gasteiger partial charge in [0.05, 0.1) is 0 Å². The van der Waals surface area contributed by atoms with Crippen molar-refractivity contribution in [2.45, 2.75) is 19.4 Å². The Hall–Kier alpha value is -3.59. The van der Waals surface area contributed by atoms with Crippen LogP contribution in [0.15, 0.2) is 42.5 Å². The third-order valence-electron chi connectivity index (χ3n) is 4.23. The molecule has 3 amide bonds. The van der Waals surface area contributed by atoms with Gasteiger partial charge in [-0.05, 0) is 36.2 Å². The average Bonchev–Trinajstić information content (AvgIpc) is 2.71. The Morgan fingerprint density at radius 2 is 1.67 bits per heavy atom. The molecule has 1 atom stereocenters. The summed E-state index contributed by atoms with van der Waals surface area (Å²) >= 11 is 0. The molecule has 0 radical (unpaired) electrons. The van der Waals surface area contributed by atoms with Gasteiger partial charge in [-0.25, -0.2) is 0 Å². The molecule has 5 N–H and O–H groups in total. The van der Waals surface area contributed by atoms with Gasteiger partial charge in [0.1, 0.15) is 30.8 Å². The molecule has 30 heavy (non-hydrogen) atoms. The van der Waals surface area contributed by atoms with Gasteiger partial charge in [0, 0.05) is 25.2 Å². The lowest BCUT2D eigenvalue weighted by atomic mass is 10.1. The number of amides is 3. The lowest BCUT2D eigenvalue weighted by molar-refractivity contribution is -0.132. The zero-order valence-corrected chi connectivity index (χ0v) is 16.8. The Labute approximate surface area is 174 Å². The molecule has 0 bridgehead atoms. The monoisotopic (exact) mass is 415 g/mol. The first-order chi connectivity index (χ1) is 14.3. The summed E-state index contributed by atoms with van der Waals surface area (Å²) in [6.07, 6.45) is 0.225. The fraction of sp³-hybridized carbons (Fsp3) is 0.286. The minimum absolute atomic E-state index is 0.0574. The second kappa shape index (κ2) is 10.8. The normalized spacial score (nSPS) is 11.4. The van der Waals surface area contributed by atoms with Gasteiger partial charge in [0.15, 0.2) is 0 Å². The van der Waals surface area contributed by atoms with Gasteiger partial charge in [-0.2, -0.15) is 0 Å². The standard InChI is InChI=1S/C21H25N3O6/c1-13-3-6-15(10-18(13)26)23-19(27)11-30-12-20(28)24-17(21(29)22-2)9-14-4-7-16(25)8-5-14/h3-8,10,17,25-26H,9,11-12H2,1-2H3,(H,22,29)(H,23,27)(H,24,28). The summed E-state index contributed by atoms with van der Waals surface area (Å²) in [6, 6.07) is 10.2. The highest BCUT2D eigenvalue weighted by Gasteiger charge is 2.20. The molecular formula is C21H25N3O6. The number of hydrogen-bond donors (Lipinski definition) is 5. The third kappa shape index (κ3) is 7.10. The number of likely N-dealkylation sites (N-methyl/N-ethyl adjacent to an activating group) is 1. The molecule has 0 saturated carbocycles. The molecule has 0 aliphatic heterocycles. The summed E-state index contributed by atoms with van der Waals surface area (Å²) in [4.78, 5) is 36.1. The number of aryl methyl sites for hydroxylation is 1. The van der Waals surface area contributed by atoms with Crippen LogP contribution in [0.4, 0.5) is 5.69 Å². The first-order valence-corrected chi connectivity index (χ1v) is 9.24. The van der Waals surface area contributed by atoms with Gasteiger partial charge in [0.25, 0.3) is 0 Å². The van der Waals surface area contributed by atoms with Crippen LogP contribution in [0.3, 0.4) is 0 Å². The van der Waals surface area contributed by atoms with E-state index in [2.05, 4.69) is 16.0 Å². The van der Waals surface area contributed by atoms with E-state index in [0.29, 0.717) is 11.3 Å². The number of rotatable bonds is 9. The molecule has 1 unspecified atom stereocenters. The highest BCUT2D eigenvalue weighted by Crippen LogP contribution is 2.20. The van der Waals surface area contributed by atoms with Crippen molar-refractivity contribution in [3.8, 4) is 11.5 Å². The van der Waals surface area contributed by atoms with E-state index in [9.17, 15) is 24.6 Å². The van der Waals surface area contributed by atoms with E-state index in [4.69, 9.17) is 4.74 Å². The molecule has 0 spiro atoms. The van der Waals surface area contributed by atoms with Crippen molar-refractivity contribution in [3.05, 3.63) is 53.6 Å².